The Bertz CT molecular complexity index is 1080. The Morgan fingerprint density at radius 3 is 2.56 bits per heavy atom. The number of ether oxygens (including phenoxy) is 1. The molecule has 3 aromatic carbocycles. The maximum Gasteiger partial charge on any atom is 0.269 e. The van der Waals surface area contributed by atoms with Crippen molar-refractivity contribution < 1.29 is 14.5 Å². The Morgan fingerprint density at radius 1 is 1.03 bits per heavy atom. The normalized spacial score (nSPS) is 13.1. The molecule has 4 rings (SSSR count). The first kappa shape index (κ1) is 21.4. The molecule has 0 aliphatic carbocycles. The molecule has 32 heavy (non-hydrogen) atoms. The lowest BCUT2D eigenvalue weighted by molar-refractivity contribution is -0.384. The van der Waals surface area contributed by atoms with Crippen LogP contribution < -0.4 is 15.0 Å². The van der Waals surface area contributed by atoms with Crippen LogP contribution in [0.1, 0.15) is 24.0 Å². The standard InChI is InChI=1S/C25H25N3O4/c29-25(26-21-9-11-22(12-10-21)28(30)31)17-27-15-5-4-8-20-16-23(13-14-24(20)27)32-18-19-6-2-1-3-7-19/h1-3,6-7,9-14,16H,4-5,8,15,17-18H2,(H,26,29). The number of hydrogen-bond donors (Lipinski definition) is 1. The van der Waals surface area contributed by atoms with E-state index in [0.29, 0.717) is 12.3 Å². The average Bonchev–Trinajstić information content (AvgIpc) is 3.00. The number of nitro groups is 1. The molecule has 1 aliphatic heterocycles. The van der Waals surface area contributed by atoms with E-state index in [2.05, 4.69) is 16.3 Å². The molecular weight excluding hydrogens is 406 g/mol. The zero-order valence-electron chi connectivity index (χ0n) is 17.7. The van der Waals surface area contributed by atoms with Crippen molar-refractivity contribution >= 4 is 23.0 Å². The minimum atomic E-state index is -0.461. The van der Waals surface area contributed by atoms with Gasteiger partial charge in [-0.2, -0.15) is 0 Å². The first-order chi connectivity index (χ1) is 15.6. The van der Waals surface area contributed by atoms with Gasteiger partial charge in [-0.05, 0) is 60.7 Å². The number of amides is 1. The number of nitrogens with zero attached hydrogens (tertiary/aromatic N) is 2. The quantitative estimate of drug-likeness (QED) is 0.422. The minimum absolute atomic E-state index is 0.00488. The van der Waals surface area contributed by atoms with Gasteiger partial charge in [0.1, 0.15) is 12.4 Å². The topological polar surface area (TPSA) is 84.7 Å². The Hall–Kier alpha value is -3.87. The molecule has 0 aromatic heterocycles. The van der Waals surface area contributed by atoms with Gasteiger partial charge in [0.2, 0.25) is 5.91 Å². The number of aryl methyl sites for hydroxylation is 1. The van der Waals surface area contributed by atoms with E-state index in [1.165, 1.54) is 17.7 Å². The highest BCUT2D eigenvalue weighted by Gasteiger charge is 2.19. The molecule has 0 bridgehead atoms. The molecule has 1 heterocycles. The summed E-state index contributed by atoms with van der Waals surface area (Å²) in [5.74, 6) is 0.667. The minimum Gasteiger partial charge on any atom is -0.489 e. The SMILES string of the molecule is O=C(CN1CCCCc2cc(OCc3ccccc3)ccc21)Nc1ccc([N+](=O)[O-])cc1. The molecule has 0 atom stereocenters. The Kier molecular flexibility index (Phi) is 6.65. The van der Waals surface area contributed by atoms with Crippen LogP contribution in [-0.4, -0.2) is 23.9 Å². The van der Waals surface area contributed by atoms with Gasteiger partial charge in [0, 0.05) is 30.1 Å². The van der Waals surface area contributed by atoms with E-state index in [-0.39, 0.29) is 18.1 Å². The van der Waals surface area contributed by atoms with E-state index in [9.17, 15) is 14.9 Å². The number of non-ortho nitro benzene ring substituents is 1. The highest BCUT2D eigenvalue weighted by Crippen LogP contribution is 2.30. The molecule has 7 heteroatoms. The molecule has 1 aliphatic rings. The highest BCUT2D eigenvalue weighted by atomic mass is 16.6. The van der Waals surface area contributed by atoms with Crippen LogP contribution in [0.3, 0.4) is 0 Å². The maximum absolute atomic E-state index is 12.6. The number of benzene rings is 3. The van der Waals surface area contributed by atoms with E-state index < -0.39 is 4.92 Å². The summed E-state index contributed by atoms with van der Waals surface area (Å²) in [6.07, 6.45) is 2.99. The molecule has 1 amide bonds. The Morgan fingerprint density at radius 2 is 1.81 bits per heavy atom. The average molecular weight is 431 g/mol. The lowest BCUT2D eigenvalue weighted by Gasteiger charge is -2.24. The van der Waals surface area contributed by atoms with Gasteiger partial charge in [-0.1, -0.05) is 30.3 Å². The second-order valence-electron chi connectivity index (χ2n) is 7.80. The van der Waals surface area contributed by atoms with Gasteiger partial charge >= 0.3 is 0 Å². The van der Waals surface area contributed by atoms with Crippen molar-refractivity contribution in [2.24, 2.45) is 0 Å². The zero-order valence-corrected chi connectivity index (χ0v) is 17.7. The number of nitro benzene ring substituents is 1. The van der Waals surface area contributed by atoms with Gasteiger partial charge in [0.25, 0.3) is 5.69 Å². The smallest absolute Gasteiger partial charge is 0.269 e. The van der Waals surface area contributed by atoms with Gasteiger partial charge < -0.3 is 15.0 Å². The van der Waals surface area contributed by atoms with Crippen LogP contribution in [0.5, 0.6) is 5.75 Å². The lowest BCUT2D eigenvalue weighted by atomic mass is 10.1. The molecule has 7 nitrogen and oxygen atoms in total. The van der Waals surface area contributed by atoms with E-state index >= 15 is 0 Å². The van der Waals surface area contributed by atoms with Crippen LogP contribution in [-0.2, 0) is 17.8 Å². The van der Waals surface area contributed by atoms with Crippen LogP contribution >= 0.6 is 0 Å². The third-order valence-electron chi connectivity index (χ3n) is 5.46. The first-order valence-electron chi connectivity index (χ1n) is 10.7. The predicted molar refractivity (Wildman–Crippen MR) is 124 cm³/mol. The summed E-state index contributed by atoms with van der Waals surface area (Å²) < 4.78 is 5.98. The van der Waals surface area contributed by atoms with E-state index in [4.69, 9.17) is 4.74 Å². The summed E-state index contributed by atoms with van der Waals surface area (Å²) in [6, 6.07) is 22.0. The van der Waals surface area contributed by atoms with Gasteiger partial charge in [-0.15, -0.1) is 0 Å². The summed E-state index contributed by atoms with van der Waals surface area (Å²) in [5, 5.41) is 13.6. The van der Waals surface area contributed by atoms with Crippen LogP contribution in [0.4, 0.5) is 17.1 Å². The number of carbonyl (C=O) groups excluding carboxylic acids is 1. The van der Waals surface area contributed by atoms with E-state index in [1.807, 2.05) is 42.5 Å². The third kappa shape index (κ3) is 5.43. The van der Waals surface area contributed by atoms with Crippen molar-refractivity contribution in [3.05, 3.63) is 94.0 Å². The Balaban J connectivity index is 1.41. The summed E-state index contributed by atoms with van der Waals surface area (Å²) >= 11 is 0. The first-order valence-corrected chi connectivity index (χ1v) is 10.7. The number of carbonyl (C=O) groups is 1. The monoisotopic (exact) mass is 431 g/mol. The lowest BCUT2D eigenvalue weighted by Crippen LogP contribution is -2.34. The third-order valence-corrected chi connectivity index (χ3v) is 5.46. The molecule has 0 radical (unpaired) electrons. The molecule has 0 spiro atoms. The fourth-order valence-electron chi connectivity index (χ4n) is 3.84. The molecule has 164 valence electrons. The van der Waals surface area contributed by atoms with Crippen molar-refractivity contribution in [2.45, 2.75) is 25.9 Å². The van der Waals surface area contributed by atoms with Crippen molar-refractivity contribution in [3.63, 3.8) is 0 Å². The molecule has 0 fully saturated rings. The van der Waals surface area contributed by atoms with Gasteiger partial charge in [0.15, 0.2) is 0 Å². The molecule has 3 aromatic rings. The zero-order chi connectivity index (χ0) is 22.3. The Labute approximate surface area is 186 Å². The number of hydrogen-bond acceptors (Lipinski definition) is 5. The van der Waals surface area contributed by atoms with E-state index in [0.717, 1.165) is 42.8 Å². The van der Waals surface area contributed by atoms with Crippen molar-refractivity contribution in [1.29, 1.82) is 0 Å². The number of nitrogens with one attached hydrogen (secondary N) is 1. The van der Waals surface area contributed by atoms with Gasteiger partial charge in [-0.3, -0.25) is 14.9 Å². The fraction of sp³-hybridized carbons (Fsp3) is 0.240. The van der Waals surface area contributed by atoms with Crippen LogP contribution in [0, 0.1) is 10.1 Å². The summed E-state index contributed by atoms with van der Waals surface area (Å²) in [5.41, 5.74) is 3.88. The molecule has 0 unspecified atom stereocenters. The van der Waals surface area contributed by atoms with Crippen LogP contribution in [0.15, 0.2) is 72.8 Å². The molecule has 0 saturated heterocycles. The van der Waals surface area contributed by atoms with Crippen molar-refractivity contribution in [3.8, 4) is 5.75 Å². The van der Waals surface area contributed by atoms with Crippen LogP contribution in [0.2, 0.25) is 0 Å². The summed E-state index contributed by atoms with van der Waals surface area (Å²) in [7, 11) is 0. The molecule has 0 saturated carbocycles. The number of fused-ring (bicyclic) bond motifs is 1. The summed E-state index contributed by atoms with van der Waals surface area (Å²) in [4.78, 5) is 25.0. The number of anilines is 2. The predicted octanol–water partition coefficient (Wildman–Crippen LogP) is 4.96. The van der Waals surface area contributed by atoms with Crippen molar-refractivity contribution in [2.75, 3.05) is 23.3 Å². The highest BCUT2D eigenvalue weighted by molar-refractivity contribution is 5.94. The molecule has 1 N–H and O–H groups in total. The second kappa shape index (κ2) is 9.96. The van der Waals surface area contributed by atoms with Gasteiger partial charge in [-0.25, -0.2) is 0 Å². The maximum atomic E-state index is 12.6. The summed E-state index contributed by atoms with van der Waals surface area (Å²) in [6.45, 7) is 1.53. The van der Waals surface area contributed by atoms with E-state index in [1.54, 1.807) is 12.1 Å². The fourth-order valence-corrected chi connectivity index (χ4v) is 3.84. The van der Waals surface area contributed by atoms with Crippen molar-refractivity contribution in [1.82, 2.24) is 0 Å². The second-order valence-corrected chi connectivity index (χ2v) is 7.80. The largest absolute Gasteiger partial charge is 0.489 e. The molecular formula is C25H25N3O4. The van der Waals surface area contributed by atoms with Crippen LogP contribution in [0.25, 0.3) is 0 Å². The van der Waals surface area contributed by atoms with Gasteiger partial charge in [0.05, 0.1) is 11.5 Å². The number of rotatable bonds is 7.